The second-order valence-corrected chi connectivity index (χ2v) is 5.81. The molecule has 0 aliphatic heterocycles. The molecule has 0 spiro atoms. The lowest BCUT2D eigenvalue weighted by Crippen LogP contribution is -2.15. The molecule has 24 heavy (non-hydrogen) atoms. The molecule has 2 aromatic rings. The van der Waals surface area contributed by atoms with Crippen LogP contribution in [-0.2, 0) is 18.3 Å². The first-order valence-corrected chi connectivity index (χ1v) is 7.91. The number of amides is 1. The van der Waals surface area contributed by atoms with E-state index in [4.69, 9.17) is 4.74 Å². The van der Waals surface area contributed by atoms with Crippen LogP contribution >= 0.6 is 11.3 Å². The minimum absolute atomic E-state index is 0.0204. The van der Waals surface area contributed by atoms with Gasteiger partial charge in [0.15, 0.2) is 11.5 Å². The van der Waals surface area contributed by atoms with E-state index in [1.165, 1.54) is 41.3 Å². The van der Waals surface area contributed by atoms with Crippen LogP contribution in [0, 0.1) is 11.3 Å². The molecule has 1 amide bonds. The molecule has 1 aromatic heterocycles. The van der Waals surface area contributed by atoms with Crippen LogP contribution in [0.1, 0.15) is 17.5 Å². The summed E-state index contributed by atoms with van der Waals surface area (Å²) in [6.45, 7) is 1.96. The summed E-state index contributed by atoms with van der Waals surface area (Å²) in [7, 11) is 3.12. The number of nitrogens with zero attached hydrogens (tertiary/aromatic N) is 4. The Morgan fingerprint density at radius 1 is 1.58 bits per heavy atom. The van der Waals surface area contributed by atoms with E-state index in [-0.39, 0.29) is 17.1 Å². The van der Waals surface area contributed by atoms with Crippen LogP contribution < -0.4 is 9.54 Å². The predicted octanol–water partition coefficient (Wildman–Crippen LogP) is 1.79. The Morgan fingerprint density at radius 2 is 2.33 bits per heavy atom. The highest BCUT2D eigenvalue weighted by atomic mass is 32.1. The number of aromatic nitrogens is 2. The molecule has 0 unspecified atom stereocenters. The van der Waals surface area contributed by atoms with Crippen LogP contribution in [-0.4, -0.2) is 27.9 Å². The van der Waals surface area contributed by atoms with Crippen molar-refractivity contribution in [3.63, 3.8) is 0 Å². The van der Waals surface area contributed by atoms with Gasteiger partial charge < -0.3 is 9.84 Å². The van der Waals surface area contributed by atoms with E-state index in [9.17, 15) is 15.2 Å². The molecular formula is C16H16N4O3S. The lowest BCUT2D eigenvalue weighted by Gasteiger charge is -2.03. The van der Waals surface area contributed by atoms with Gasteiger partial charge in [0, 0.05) is 7.05 Å². The van der Waals surface area contributed by atoms with E-state index in [1.807, 2.05) is 13.0 Å². The Kier molecular flexibility index (Phi) is 5.50. The average molecular weight is 344 g/mol. The van der Waals surface area contributed by atoms with Crippen LogP contribution in [0.25, 0.3) is 6.08 Å². The van der Waals surface area contributed by atoms with Crippen LogP contribution in [0.15, 0.2) is 28.8 Å². The van der Waals surface area contributed by atoms with E-state index in [0.717, 1.165) is 11.4 Å². The summed E-state index contributed by atoms with van der Waals surface area (Å²) in [4.78, 5) is 16.6. The molecule has 1 aromatic carbocycles. The number of rotatable bonds is 4. The van der Waals surface area contributed by atoms with Gasteiger partial charge in [-0.1, -0.05) is 24.3 Å². The Bertz CT molecular complexity index is 903. The number of nitriles is 1. The monoisotopic (exact) mass is 344 g/mol. The molecule has 0 saturated heterocycles. The number of carbonyl (C=O) groups is 1. The second kappa shape index (κ2) is 7.57. The summed E-state index contributed by atoms with van der Waals surface area (Å²) in [5.74, 6) is -0.411. The number of aromatic hydroxyl groups is 1. The fourth-order valence-corrected chi connectivity index (χ4v) is 2.70. The van der Waals surface area contributed by atoms with Crippen LogP contribution in [0.3, 0.4) is 0 Å². The fourth-order valence-electron chi connectivity index (χ4n) is 1.88. The Hall–Kier alpha value is -2.92. The molecule has 0 aliphatic carbocycles. The van der Waals surface area contributed by atoms with E-state index in [0.29, 0.717) is 10.4 Å². The highest BCUT2D eigenvalue weighted by Gasteiger charge is 2.10. The number of methoxy groups -OCH3 is 1. The van der Waals surface area contributed by atoms with Crippen molar-refractivity contribution < 1.29 is 14.6 Å². The summed E-state index contributed by atoms with van der Waals surface area (Å²) in [5, 5.41) is 23.9. The molecule has 0 fully saturated rings. The maximum Gasteiger partial charge on any atom is 0.290 e. The largest absolute Gasteiger partial charge is 0.504 e. The van der Waals surface area contributed by atoms with Crippen molar-refractivity contribution in [1.29, 1.82) is 5.26 Å². The number of aryl methyl sites for hydroxylation is 2. The summed E-state index contributed by atoms with van der Waals surface area (Å²) < 4.78 is 6.52. The first-order valence-electron chi connectivity index (χ1n) is 7.09. The lowest BCUT2D eigenvalue weighted by molar-refractivity contribution is -0.114. The van der Waals surface area contributed by atoms with Crippen molar-refractivity contribution in [2.24, 2.45) is 12.0 Å². The van der Waals surface area contributed by atoms with Crippen molar-refractivity contribution >= 4 is 23.3 Å². The third-order valence-corrected chi connectivity index (χ3v) is 4.26. The first-order chi connectivity index (χ1) is 11.5. The third kappa shape index (κ3) is 3.88. The topological polar surface area (TPSA) is 100 Å². The van der Waals surface area contributed by atoms with Gasteiger partial charge in [-0.05, 0) is 30.2 Å². The van der Waals surface area contributed by atoms with Gasteiger partial charge in [-0.15, -0.1) is 0 Å². The van der Waals surface area contributed by atoms with Gasteiger partial charge in [-0.2, -0.15) is 15.4 Å². The molecule has 7 nitrogen and oxygen atoms in total. The number of hydrogen-bond acceptors (Lipinski definition) is 6. The molecular weight excluding hydrogens is 328 g/mol. The highest BCUT2D eigenvalue weighted by Crippen LogP contribution is 2.27. The Balaban J connectivity index is 2.39. The van der Waals surface area contributed by atoms with Crippen LogP contribution in [0.5, 0.6) is 11.5 Å². The van der Waals surface area contributed by atoms with Crippen LogP contribution in [0.2, 0.25) is 0 Å². The number of phenolic OH excluding ortho intramolecular Hbond substituents is 1. The van der Waals surface area contributed by atoms with Gasteiger partial charge in [0.05, 0.1) is 7.11 Å². The van der Waals surface area contributed by atoms with Gasteiger partial charge >= 0.3 is 0 Å². The minimum Gasteiger partial charge on any atom is -0.504 e. The number of phenols is 1. The van der Waals surface area contributed by atoms with E-state index >= 15 is 0 Å². The molecule has 0 bridgehead atoms. The van der Waals surface area contributed by atoms with Crippen molar-refractivity contribution in [2.45, 2.75) is 13.3 Å². The van der Waals surface area contributed by atoms with Gasteiger partial charge in [0.25, 0.3) is 5.91 Å². The number of carbonyl (C=O) groups excluding carboxylic acids is 1. The quantitative estimate of drug-likeness (QED) is 0.673. The number of hydrogen-bond donors (Lipinski definition) is 1. The molecule has 8 heteroatoms. The van der Waals surface area contributed by atoms with Gasteiger partial charge in [-0.25, -0.2) is 4.68 Å². The maximum atomic E-state index is 12.2. The van der Waals surface area contributed by atoms with Crippen molar-refractivity contribution in [3.8, 4) is 17.6 Å². The standard InChI is InChI=1S/C16H16N4O3S/c1-4-14-19-20(2)16(24-14)18-15(22)11(9-17)7-10-5-6-12(21)13(8-10)23-3/h5-8,21H,4H2,1-3H3/b11-7+,18-16?. The van der Waals surface area contributed by atoms with E-state index in [2.05, 4.69) is 10.1 Å². The molecule has 2 rings (SSSR count). The Morgan fingerprint density at radius 3 is 2.92 bits per heavy atom. The fraction of sp³-hybridized carbons (Fsp3) is 0.250. The van der Waals surface area contributed by atoms with Gasteiger partial charge in [0.1, 0.15) is 16.6 Å². The van der Waals surface area contributed by atoms with Crippen molar-refractivity contribution in [1.82, 2.24) is 9.78 Å². The summed E-state index contributed by atoms with van der Waals surface area (Å²) in [6, 6.07) is 6.38. The van der Waals surface area contributed by atoms with E-state index in [1.54, 1.807) is 13.1 Å². The summed E-state index contributed by atoms with van der Waals surface area (Å²) >= 11 is 1.30. The van der Waals surface area contributed by atoms with Crippen molar-refractivity contribution in [3.05, 3.63) is 39.1 Å². The summed E-state index contributed by atoms with van der Waals surface area (Å²) in [6.07, 6.45) is 2.14. The van der Waals surface area contributed by atoms with Crippen LogP contribution in [0.4, 0.5) is 0 Å². The van der Waals surface area contributed by atoms with Gasteiger partial charge in [0.2, 0.25) is 4.80 Å². The predicted molar refractivity (Wildman–Crippen MR) is 89.3 cm³/mol. The molecule has 1 N–H and O–H groups in total. The molecule has 124 valence electrons. The molecule has 1 heterocycles. The zero-order chi connectivity index (χ0) is 17.7. The third-order valence-electron chi connectivity index (χ3n) is 3.11. The smallest absolute Gasteiger partial charge is 0.290 e. The van der Waals surface area contributed by atoms with Gasteiger partial charge in [-0.3, -0.25) is 4.79 Å². The second-order valence-electron chi connectivity index (χ2n) is 4.77. The number of benzene rings is 1. The SMILES string of the molecule is CCc1nn(C)c(=NC(=O)/C(C#N)=C/c2ccc(O)c(OC)c2)s1. The molecule has 0 aliphatic rings. The minimum atomic E-state index is -0.647. The normalized spacial score (nSPS) is 12.1. The lowest BCUT2D eigenvalue weighted by atomic mass is 10.1. The van der Waals surface area contributed by atoms with Crippen molar-refractivity contribution in [2.75, 3.05) is 7.11 Å². The van der Waals surface area contributed by atoms with E-state index < -0.39 is 5.91 Å². The summed E-state index contributed by atoms with van der Waals surface area (Å²) in [5.41, 5.74) is 0.432. The highest BCUT2D eigenvalue weighted by molar-refractivity contribution is 7.08. The molecule has 0 saturated carbocycles. The molecule has 0 radical (unpaired) electrons. The zero-order valence-electron chi connectivity index (χ0n) is 13.5. The zero-order valence-corrected chi connectivity index (χ0v) is 14.3. The maximum absolute atomic E-state index is 12.2. The molecule has 0 atom stereocenters. The average Bonchev–Trinajstić information content (AvgIpc) is 2.93. The Labute approximate surface area is 142 Å². The first kappa shape index (κ1) is 17.4. The number of ether oxygens (including phenoxy) is 1.